The fraction of sp³-hybridized carbons (Fsp3) is 0. The van der Waals surface area contributed by atoms with Crippen molar-refractivity contribution in [3.05, 3.63) is 51.4 Å². The zero-order valence-corrected chi connectivity index (χ0v) is 13.0. The highest BCUT2D eigenvalue weighted by atomic mass is 79.9. The summed E-state index contributed by atoms with van der Waals surface area (Å²) in [5, 5.41) is 9.77. The van der Waals surface area contributed by atoms with Gasteiger partial charge in [-0.05, 0) is 46.3 Å². The van der Waals surface area contributed by atoms with E-state index in [1.165, 1.54) is 6.07 Å². The third kappa shape index (κ3) is 3.02. The minimum atomic E-state index is -0.596. The standard InChI is InChI=1S/C13H6BrClFN3O3/c14-10-4-3-9(21-10)12-18-19-13(22-12)17-11(20)7-2-1-6(16)5-8(7)15/h1-5H,(H,17,19,20). The first-order valence-electron chi connectivity index (χ1n) is 5.88. The summed E-state index contributed by atoms with van der Waals surface area (Å²) in [5.74, 6) is -0.684. The van der Waals surface area contributed by atoms with Crippen molar-refractivity contribution in [3.8, 4) is 11.7 Å². The molecule has 112 valence electrons. The van der Waals surface area contributed by atoms with Gasteiger partial charge in [0.05, 0.1) is 10.6 Å². The lowest BCUT2D eigenvalue weighted by Crippen LogP contribution is -2.12. The third-order valence-corrected chi connectivity index (χ3v) is 3.34. The Balaban J connectivity index is 1.79. The van der Waals surface area contributed by atoms with Crippen LogP contribution in [0.5, 0.6) is 0 Å². The Morgan fingerprint density at radius 3 is 2.73 bits per heavy atom. The zero-order chi connectivity index (χ0) is 15.7. The third-order valence-electron chi connectivity index (χ3n) is 2.61. The second kappa shape index (κ2) is 5.90. The first-order valence-corrected chi connectivity index (χ1v) is 7.05. The van der Waals surface area contributed by atoms with Gasteiger partial charge < -0.3 is 8.83 Å². The van der Waals surface area contributed by atoms with Crippen molar-refractivity contribution < 1.29 is 18.0 Å². The van der Waals surface area contributed by atoms with Gasteiger partial charge in [-0.3, -0.25) is 10.1 Å². The molecule has 3 aromatic rings. The number of nitrogens with zero attached hydrogens (tertiary/aromatic N) is 2. The van der Waals surface area contributed by atoms with Crippen molar-refractivity contribution in [2.45, 2.75) is 0 Å². The Hall–Kier alpha value is -2.19. The van der Waals surface area contributed by atoms with Crippen LogP contribution in [0, 0.1) is 5.82 Å². The van der Waals surface area contributed by atoms with Crippen molar-refractivity contribution in [2.24, 2.45) is 0 Å². The van der Waals surface area contributed by atoms with Gasteiger partial charge in [-0.15, -0.1) is 5.10 Å². The maximum absolute atomic E-state index is 13.0. The average molecular weight is 387 g/mol. The molecule has 0 unspecified atom stereocenters. The fourth-order valence-corrected chi connectivity index (χ4v) is 2.20. The van der Waals surface area contributed by atoms with Crippen LogP contribution in [0.3, 0.4) is 0 Å². The van der Waals surface area contributed by atoms with E-state index in [0.29, 0.717) is 10.4 Å². The van der Waals surface area contributed by atoms with E-state index >= 15 is 0 Å². The van der Waals surface area contributed by atoms with Crippen LogP contribution in [-0.2, 0) is 0 Å². The van der Waals surface area contributed by atoms with Gasteiger partial charge in [-0.25, -0.2) is 4.39 Å². The van der Waals surface area contributed by atoms with Gasteiger partial charge in [0.25, 0.3) is 11.8 Å². The average Bonchev–Trinajstić information content (AvgIpc) is 3.07. The molecule has 0 spiro atoms. The number of halogens is 3. The topological polar surface area (TPSA) is 81.2 Å². The molecular weight excluding hydrogens is 381 g/mol. The molecule has 6 nitrogen and oxygen atoms in total. The van der Waals surface area contributed by atoms with E-state index in [1.54, 1.807) is 12.1 Å². The van der Waals surface area contributed by atoms with E-state index in [2.05, 4.69) is 31.4 Å². The number of benzene rings is 1. The van der Waals surface area contributed by atoms with Crippen molar-refractivity contribution in [1.29, 1.82) is 0 Å². The molecule has 3 rings (SSSR count). The van der Waals surface area contributed by atoms with Crippen molar-refractivity contribution in [2.75, 3.05) is 5.32 Å². The van der Waals surface area contributed by atoms with Gasteiger partial charge in [0.2, 0.25) is 0 Å². The molecule has 1 N–H and O–H groups in total. The molecule has 0 aliphatic rings. The Morgan fingerprint density at radius 2 is 2.05 bits per heavy atom. The van der Waals surface area contributed by atoms with Crippen LogP contribution in [0.25, 0.3) is 11.7 Å². The predicted molar refractivity (Wildman–Crippen MR) is 79.1 cm³/mol. The Morgan fingerprint density at radius 1 is 1.23 bits per heavy atom. The number of rotatable bonds is 3. The van der Waals surface area contributed by atoms with Crippen molar-refractivity contribution in [3.63, 3.8) is 0 Å². The van der Waals surface area contributed by atoms with E-state index in [4.69, 9.17) is 20.4 Å². The number of nitrogens with one attached hydrogen (secondary N) is 1. The highest BCUT2D eigenvalue weighted by Gasteiger charge is 2.16. The van der Waals surface area contributed by atoms with Crippen LogP contribution in [0.2, 0.25) is 5.02 Å². The summed E-state index contributed by atoms with van der Waals surface area (Å²) in [6.07, 6.45) is 0. The molecule has 0 saturated carbocycles. The molecular formula is C13H6BrClFN3O3. The number of aromatic nitrogens is 2. The number of furan rings is 1. The SMILES string of the molecule is O=C(Nc1nnc(-c2ccc(Br)o2)o1)c1ccc(F)cc1Cl. The van der Waals surface area contributed by atoms with Crippen LogP contribution in [0.15, 0.2) is 43.8 Å². The number of anilines is 1. The lowest BCUT2D eigenvalue weighted by atomic mass is 10.2. The van der Waals surface area contributed by atoms with Crippen LogP contribution < -0.4 is 5.32 Å². The summed E-state index contributed by atoms with van der Waals surface area (Å²) in [6, 6.07) is 6.58. The fourth-order valence-electron chi connectivity index (χ4n) is 1.64. The number of hydrogen-bond donors (Lipinski definition) is 1. The van der Waals surface area contributed by atoms with Crippen molar-refractivity contribution >= 4 is 39.5 Å². The van der Waals surface area contributed by atoms with E-state index in [1.807, 2.05) is 0 Å². The number of amides is 1. The van der Waals surface area contributed by atoms with Gasteiger partial charge in [0.15, 0.2) is 10.4 Å². The second-order valence-electron chi connectivity index (χ2n) is 4.09. The largest absolute Gasteiger partial charge is 0.444 e. The predicted octanol–water partition coefficient (Wildman–Crippen LogP) is 4.14. The van der Waals surface area contributed by atoms with E-state index in [-0.39, 0.29) is 22.5 Å². The van der Waals surface area contributed by atoms with Crippen LogP contribution in [0.4, 0.5) is 10.4 Å². The molecule has 22 heavy (non-hydrogen) atoms. The zero-order valence-electron chi connectivity index (χ0n) is 10.6. The highest BCUT2D eigenvalue weighted by molar-refractivity contribution is 9.10. The molecule has 0 fully saturated rings. The summed E-state index contributed by atoms with van der Waals surface area (Å²) in [5.41, 5.74) is 0.0866. The minimum absolute atomic E-state index is 0.0211. The van der Waals surface area contributed by atoms with Gasteiger partial charge in [0, 0.05) is 0 Å². The summed E-state index contributed by atoms with van der Waals surface area (Å²) >= 11 is 8.96. The molecule has 1 amide bonds. The quantitative estimate of drug-likeness (QED) is 0.732. The van der Waals surface area contributed by atoms with Gasteiger partial charge in [-0.1, -0.05) is 16.7 Å². The first-order chi connectivity index (χ1) is 10.5. The summed E-state index contributed by atoms with van der Waals surface area (Å²) in [7, 11) is 0. The van der Waals surface area contributed by atoms with Crippen LogP contribution in [-0.4, -0.2) is 16.1 Å². The van der Waals surface area contributed by atoms with Gasteiger partial charge in [-0.2, -0.15) is 0 Å². The van der Waals surface area contributed by atoms with Crippen molar-refractivity contribution in [1.82, 2.24) is 10.2 Å². The Bertz CT molecular complexity index is 849. The number of carbonyl (C=O) groups is 1. The molecule has 0 atom stereocenters. The van der Waals surface area contributed by atoms with Gasteiger partial charge in [0.1, 0.15) is 5.82 Å². The number of carbonyl (C=O) groups excluding carboxylic acids is 1. The van der Waals surface area contributed by atoms with Gasteiger partial charge >= 0.3 is 6.01 Å². The second-order valence-corrected chi connectivity index (χ2v) is 5.28. The lowest BCUT2D eigenvalue weighted by Gasteiger charge is -2.02. The summed E-state index contributed by atoms with van der Waals surface area (Å²) in [4.78, 5) is 12.0. The molecule has 2 heterocycles. The number of hydrogen-bond acceptors (Lipinski definition) is 5. The summed E-state index contributed by atoms with van der Waals surface area (Å²) < 4.78 is 24.0. The maximum Gasteiger partial charge on any atom is 0.322 e. The highest BCUT2D eigenvalue weighted by Crippen LogP contribution is 2.25. The Labute approximate surface area is 136 Å². The van der Waals surface area contributed by atoms with Crippen LogP contribution >= 0.6 is 27.5 Å². The first kappa shape index (κ1) is 14.7. The van der Waals surface area contributed by atoms with E-state index < -0.39 is 11.7 Å². The van der Waals surface area contributed by atoms with E-state index in [0.717, 1.165) is 12.1 Å². The molecule has 0 saturated heterocycles. The molecule has 0 aliphatic carbocycles. The monoisotopic (exact) mass is 385 g/mol. The smallest absolute Gasteiger partial charge is 0.322 e. The maximum atomic E-state index is 13.0. The molecule has 9 heteroatoms. The van der Waals surface area contributed by atoms with Crippen LogP contribution in [0.1, 0.15) is 10.4 Å². The molecule has 2 aromatic heterocycles. The minimum Gasteiger partial charge on any atom is -0.444 e. The molecule has 0 bridgehead atoms. The molecule has 0 aliphatic heterocycles. The molecule has 1 aromatic carbocycles. The lowest BCUT2D eigenvalue weighted by molar-refractivity contribution is 0.102. The van der Waals surface area contributed by atoms with E-state index in [9.17, 15) is 9.18 Å². The molecule has 0 radical (unpaired) electrons. The Kier molecular flexibility index (Phi) is 3.95. The normalized spacial score (nSPS) is 10.7. The summed E-state index contributed by atoms with van der Waals surface area (Å²) in [6.45, 7) is 0.